The van der Waals surface area contributed by atoms with Crippen LogP contribution in [-0.4, -0.2) is 47.9 Å². The number of hydrogen-bond acceptors (Lipinski definition) is 7. The number of nitrogen functional groups attached to an aromatic ring is 1. The van der Waals surface area contributed by atoms with E-state index >= 15 is 0 Å². The van der Waals surface area contributed by atoms with Gasteiger partial charge in [-0.05, 0) is 81.1 Å². The van der Waals surface area contributed by atoms with E-state index in [4.69, 9.17) is 5.73 Å². The van der Waals surface area contributed by atoms with Crippen molar-refractivity contribution in [2.45, 2.75) is 51.5 Å². The van der Waals surface area contributed by atoms with E-state index in [1.165, 1.54) is 62.2 Å². The zero-order chi connectivity index (χ0) is 24.2. The van der Waals surface area contributed by atoms with E-state index in [2.05, 4.69) is 51.3 Å². The molecule has 0 spiro atoms. The van der Waals surface area contributed by atoms with Crippen LogP contribution in [0.1, 0.15) is 59.8 Å². The molecule has 7 heteroatoms. The molecule has 3 N–H and O–H groups in total. The maximum Gasteiger partial charge on any atom is 0.206 e. The molecule has 0 radical (unpaired) electrons. The number of nitrogens with zero attached hydrogens (tertiary/aromatic N) is 3. The summed E-state index contributed by atoms with van der Waals surface area (Å²) in [6.07, 6.45) is 7.50. The Morgan fingerprint density at radius 1 is 1.06 bits per heavy atom. The minimum atomic E-state index is -0.0772. The van der Waals surface area contributed by atoms with Crippen molar-refractivity contribution < 1.29 is 4.79 Å². The number of carbonyl (C=O) groups is 1. The summed E-state index contributed by atoms with van der Waals surface area (Å²) in [6, 6.07) is 17.0. The van der Waals surface area contributed by atoms with Crippen LogP contribution in [0.4, 0.5) is 22.3 Å². The van der Waals surface area contributed by atoms with Crippen LogP contribution in [0.25, 0.3) is 0 Å². The van der Waals surface area contributed by atoms with E-state index in [9.17, 15) is 4.79 Å². The van der Waals surface area contributed by atoms with E-state index in [1.54, 1.807) is 0 Å². The summed E-state index contributed by atoms with van der Waals surface area (Å²) >= 11 is 1.30. The van der Waals surface area contributed by atoms with Gasteiger partial charge in [0.2, 0.25) is 5.78 Å². The number of ketones is 1. The van der Waals surface area contributed by atoms with Crippen LogP contribution in [0.2, 0.25) is 0 Å². The number of aryl methyl sites for hydroxylation is 1. The summed E-state index contributed by atoms with van der Waals surface area (Å²) in [4.78, 5) is 23.1. The van der Waals surface area contributed by atoms with E-state index in [1.807, 2.05) is 24.3 Å². The molecule has 5 rings (SSSR count). The number of nitrogens with one attached hydrogen (secondary N) is 1. The fourth-order valence-electron chi connectivity index (χ4n) is 5.26. The molecule has 0 atom stereocenters. The highest BCUT2D eigenvalue weighted by Crippen LogP contribution is 2.31. The summed E-state index contributed by atoms with van der Waals surface area (Å²) in [7, 11) is 0. The van der Waals surface area contributed by atoms with Crippen LogP contribution in [0, 0.1) is 0 Å². The molecule has 1 aromatic heterocycles. The molecule has 2 saturated heterocycles. The third-order valence-electron chi connectivity index (χ3n) is 7.31. The average molecular weight is 490 g/mol. The van der Waals surface area contributed by atoms with Gasteiger partial charge in [0, 0.05) is 36.1 Å². The molecule has 2 aliphatic heterocycles. The number of aromatic nitrogens is 1. The topological polar surface area (TPSA) is 74.5 Å². The molecule has 0 saturated carbocycles. The Morgan fingerprint density at radius 2 is 1.80 bits per heavy atom. The number of likely N-dealkylation sites (tertiary alicyclic amines) is 1. The first kappa shape index (κ1) is 23.8. The van der Waals surface area contributed by atoms with Crippen molar-refractivity contribution in [3.63, 3.8) is 0 Å². The van der Waals surface area contributed by atoms with Crippen molar-refractivity contribution in [3.05, 3.63) is 64.5 Å². The van der Waals surface area contributed by atoms with Crippen molar-refractivity contribution in [2.75, 3.05) is 42.1 Å². The van der Waals surface area contributed by atoms with Crippen LogP contribution in [-0.2, 0) is 6.42 Å². The standard InChI is InChI=1S/C28H35N5OS/c1-2-20-7-6-8-21(19-20)25(34)26-27(29)31-28(35-26)30-22-9-11-23(12-10-22)33-17-13-24(14-18-33)32-15-4-3-5-16-32/h6-12,19,24H,2-5,13-18,29H2,1H3,(H,30,31). The van der Waals surface area contributed by atoms with Gasteiger partial charge in [-0.25, -0.2) is 4.98 Å². The van der Waals surface area contributed by atoms with Gasteiger partial charge in [0.15, 0.2) is 5.13 Å². The molecule has 3 aromatic rings. The number of hydrogen-bond donors (Lipinski definition) is 2. The summed E-state index contributed by atoms with van der Waals surface area (Å²) in [5, 5.41) is 3.96. The van der Waals surface area contributed by atoms with Crippen molar-refractivity contribution in [1.29, 1.82) is 0 Å². The van der Waals surface area contributed by atoms with Crippen LogP contribution in [0.15, 0.2) is 48.5 Å². The molecule has 184 valence electrons. The number of carbonyl (C=O) groups excluding carboxylic acids is 1. The van der Waals surface area contributed by atoms with Gasteiger partial charge < -0.3 is 20.9 Å². The average Bonchev–Trinajstić information content (AvgIpc) is 3.29. The van der Waals surface area contributed by atoms with Crippen molar-refractivity contribution >= 4 is 39.4 Å². The van der Waals surface area contributed by atoms with Crippen LogP contribution >= 0.6 is 11.3 Å². The zero-order valence-corrected chi connectivity index (χ0v) is 21.3. The summed E-state index contributed by atoms with van der Waals surface area (Å²) in [6.45, 7) is 6.87. The van der Waals surface area contributed by atoms with Crippen molar-refractivity contribution in [2.24, 2.45) is 0 Å². The van der Waals surface area contributed by atoms with Gasteiger partial charge in [0.25, 0.3) is 0 Å². The monoisotopic (exact) mass is 489 g/mol. The van der Waals surface area contributed by atoms with Gasteiger partial charge >= 0.3 is 0 Å². The van der Waals surface area contributed by atoms with Gasteiger partial charge in [0.1, 0.15) is 10.7 Å². The molecule has 2 aromatic carbocycles. The van der Waals surface area contributed by atoms with Crippen LogP contribution in [0.3, 0.4) is 0 Å². The molecule has 0 bridgehead atoms. The fraction of sp³-hybridized carbons (Fsp3) is 0.429. The SMILES string of the molecule is CCc1cccc(C(=O)c2sc(Nc3ccc(N4CCC(N5CCCCC5)CC4)cc3)nc2N)c1. The lowest BCUT2D eigenvalue weighted by atomic mass is 9.99. The van der Waals surface area contributed by atoms with E-state index in [-0.39, 0.29) is 11.6 Å². The Morgan fingerprint density at radius 3 is 2.51 bits per heavy atom. The van der Waals surface area contributed by atoms with E-state index in [0.717, 1.165) is 36.8 Å². The highest BCUT2D eigenvalue weighted by Gasteiger charge is 2.25. The Balaban J connectivity index is 1.20. The van der Waals surface area contributed by atoms with Gasteiger partial charge in [-0.1, -0.05) is 42.9 Å². The van der Waals surface area contributed by atoms with Gasteiger partial charge in [-0.2, -0.15) is 0 Å². The fourth-order valence-corrected chi connectivity index (χ4v) is 6.13. The Kier molecular flexibility index (Phi) is 7.35. The third-order valence-corrected chi connectivity index (χ3v) is 8.30. The zero-order valence-electron chi connectivity index (χ0n) is 20.5. The number of thiazole rings is 1. The predicted octanol–water partition coefficient (Wildman–Crippen LogP) is 5.72. The molecule has 2 fully saturated rings. The number of nitrogens with two attached hydrogens (primary N) is 1. The maximum atomic E-state index is 13.0. The summed E-state index contributed by atoms with van der Waals surface area (Å²) in [5.41, 5.74) is 10.1. The minimum absolute atomic E-state index is 0.0772. The van der Waals surface area contributed by atoms with Gasteiger partial charge in [-0.15, -0.1) is 0 Å². The van der Waals surface area contributed by atoms with Crippen molar-refractivity contribution in [3.8, 4) is 0 Å². The van der Waals surface area contributed by atoms with E-state index < -0.39 is 0 Å². The molecule has 6 nitrogen and oxygen atoms in total. The summed E-state index contributed by atoms with van der Waals surface area (Å²) in [5.74, 6) is 0.198. The lowest BCUT2D eigenvalue weighted by Crippen LogP contribution is -2.46. The number of anilines is 4. The second kappa shape index (κ2) is 10.8. The third kappa shape index (κ3) is 5.52. The molecular weight excluding hydrogens is 454 g/mol. The largest absolute Gasteiger partial charge is 0.382 e. The lowest BCUT2D eigenvalue weighted by molar-refractivity contribution is 0.104. The lowest BCUT2D eigenvalue weighted by Gasteiger charge is -2.41. The molecular formula is C28H35N5OS. The quantitative estimate of drug-likeness (QED) is 0.414. The van der Waals surface area contributed by atoms with E-state index in [0.29, 0.717) is 15.6 Å². The summed E-state index contributed by atoms with van der Waals surface area (Å²) < 4.78 is 0. The van der Waals surface area contributed by atoms with Gasteiger partial charge in [0.05, 0.1) is 0 Å². The van der Waals surface area contributed by atoms with Crippen molar-refractivity contribution in [1.82, 2.24) is 9.88 Å². The first-order valence-electron chi connectivity index (χ1n) is 12.9. The van der Waals surface area contributed by atoms with Gasteiger partial charge in [-0.3, -0.25) is 4.79 Å². The minimum Gasteiger partial charge on any atom is -0.382 e. The molecule has 3 heterocycles. The molecule has 35 heavy (non-hydrogen) atoms. The predicted molar refractivity (Wildman–Crippen MR) is 146 cm³/mol. The molecule has 0 unspecified atom stereocenters. The first-order valence-corrected chi connectivity index (χ1v) is 13.7. The van der Waals surface area contributed by atoms with Crippen LogP contribution in [0.5, 0.6) is 0 Å². The molecule has 0 aliphatic carbocycles. The number of piperidine rings is 2. The Bertz CT molecular complexity index is 1140. The molecule has 2 aliphatic rings. The normalized spacial score (nSPS) is 17.5. The second-order valence-corrected chi connectivity index (χ2v) is 10.6. The highest BCUT2D eigenvalue weighted by molar-refractivity contribution is 7.18. The number of rotatable bonds is 7. The first-order chi connectivity index (χ1) is 17.1. The smallest absolute Gasteiger partial charge is 0.206 e. The number of benzene rings is 2. The Labute approximate surface area is 212 Å². The Hall–Kier alpha value is -2.90. The highest BCUT2D eigenvalue weighted by atomic mass is 32.1. The maximum absolute atomic E-state index is 13.0. The van der Waals surface area contributed by atoms with Crippen LogP contribution < -0.4 is 16.0 Å². The second-order valence-electron chi connectivity index (χ2n) is 9.60. The molecule has 0 amide bonds.